The molecule has 154 valence electrons. The number of carbonyl (C=O) groups is 2. The monoisotopic (exact) mass is 402 g/mol. The highest BCUT2D eigenvalue weighted by atomic mass is 32.2. The van der Waals surface area contributed by atoms with Crippen LogP contribution >= 0.6 is 11.8 Å². The first kappa shape index (κ1) is 21.2. The number of thioether (sulfide) groups is 1. The molecular weight excluding hydrogens is 368 g/mol. The maximum atomic E-state index is 12.8. The Bertz CT molecular complexity index is 650. The number of carbonyl (C=O) groups excluding carboxylic acids is 2. The van der Waals surface area contributed by atoms with Gasteiger partial charge in [0.25, 0.3) is 5.91 Å². The zero-order valence-corrected chi connectivity index (χ0v) is 17.9. The summed E-state index contributed by atoms with van der Waals surface area (Å²) in [7, 11) is 0. The SMILES string of the molecule is CC1CCC(NC(=O)c2ccccc2SCC(=O)NCC2CCCCC2)CC1. The Labute approximate surface area is 173 Å². The van der Waals surface area contributed by atoms with Crippen molar-refractivity contribution in [2.45, 2.75) is 75.6 Å². The van der Waals surface area contributed by atoms with Crippen molar-refractivity contribution in [2.24, 2.45) is 11.8 Å². The molecule has 0 radical (unpaired) electrons. The molecule has 2 amide bonds. The van der Waals surface area contributed by atoms with Gasteiger partial charge in [0.15, 0.2) is 0 Å². The molecule has 0 aromatic heterocycles. The van der Waals surface area contributed by atoms with E-state index in [1.54, 1.807) is 0 Å². The van der Waals surface area contributed by atoms with Crippen LogP contribution in [0.3, 0.4) is 0 Å². The lowest BCUT2D eigenvalue weighted by Crippen LogP contribution is -2.37. The number of benzene rings is 1. The van der Waals surface area contributed by atoms with Crippen molar-refractivity contribution < 1.29 is 9.59 Å². The molecule has 2 saturated carbocycles. The van der Waals surface area contributed by atoms with E-state index in [0.717, 1.165) is 30.2 Å². The van der Waals surface area contributed by atoms with Crippen LogP contribution in [0.2, 0.25) is 0 Å². The van der Waals surface area contributed by atoms with Gasteiger partial charge >= 0.3 is 0 Å². The van der Waals surface area contributed by atoms with Gasteiger partial charge in [0.2, 0.25) is 5.91 Å². The van der Waals surface area contributed by atoms with E-state index < -0.39 is 0 Å². The van der Waals surface area contributed by atoms with Crippen molar-refractivity contribution in [3.8, 4) is 0 Å². The lowest BCUT2D eigenvalue weighted by Gasteiger charge is -2.27. The predicted octanol–water partition coefficient (Wildman–Crippen LogP) is 4.78. The number of amides is 2. The fourth-order valence-corrected chi connectivity index (χ4v) is 5.17. The molecule has 0 unspecified atom stereocenters. The fraction of sp³-hybridized carbons (Fsp3) is 0.652. The highest BCUT2D eigenvalue weighted by molar-refractivity contribution is 8.00. The maximum Gasteiger partial charge on any atom is 0.252 e. The van der Waals surface area contributed by atoms with Crippen molar-refractivity contribution in [1.82, 2.24) is 10.6 Å². The molecule has 2 fully saturated rings. The Morgan fingerprint density at radius 1 is 1.00 bits per heavy atom. The molecule has 2 aliphatic carbocycles. The molecule has 4 nitrogen and oxygen atoms in total. The van der Waals surface area contributed by atoms with E-state index in [9.17, 15) is 9.59 Å². The molecule has 0 bridgehead atoms. The molecule has 0 spiro atoms. The van der Waals surface area contributed by atoms with Gasteiger partial charge in [0.05, 0.1) is 11.3 Å². The van der Waals surface area contributed by atoms with E-state index in [1.807, 2.05) is 24.3 Å². The normalized spacial score (nSPS) is 23.2. The fourth-order valence-electron chi connectivity index (χ4n) is 4.29. The maximum absolute atomic E-state index is 12.8. The molecule has 5 heteroatoms. The van der Waals surface area contributed by atoms with Gasteiger partial charge in [-0.3, -0.25) is 9.59 Å². The van der Waals surface area contributed by atoms with E-state index in [1.165, 1.54) is 56.7 Å². The minimum Gasteiger partial charge on any atom is -0.355 e. The largest absolute Gasteiger partial charge is 0.355 e. The minimum absolute atomic E-state index is 0.00901. The number of rotatable bonds is 7. The lowest BCUT2D eigenvalue weighted by molar-refractivity contribution is -0.118. The van der Waals surface area contributed by atoms with Crippen LogP contribution in [0.15, 0.2) is 29.2 Å². The van der Waals surface area contributed by atoms with Crippen LogP contribution in [0.25, 0.3) is 0 Å². The molecule has 2 N–H and O–H groups in total. The van der Waals surface area contributed by atoms with E-state index >= 15 is 0 Å². The molecule has 0 atom stereocenters. The Kier molecular flexibility index (Phi) is 8.26. The number of hydrogen-bond acceptors (Lipinski definition) is 3. The average molecular weight is 403 g/mol. The number of hydrogen-bond donors (Lipinski definition) is 2. The standard InChI is InChI=1S/C23H34N2O2S/c1-17-11-13-19(14-12-17)25-23(27)20-9-5-6-10-21(20)28-16-22(26)24-15-18-7-3-2-4-8-18/h5-6,9-10,17-19H,2-4,7-8,11-16H2,1H3,(H,24,26)(H,25,27). The highest BCUT2D eigenvalue weighted by Gasteiger charge is 2.21. The van der Waals surface area contributed by atoms with Gasteiger partial charge in [-0.2, -0.15) is 0 Å². The summed E-state index contributed by atoms with van der Waals surface area (Å²) in [4.78, 5) is 25.9. The second-order valence-electron chi connectivity index (χ2n) is 8.52. The molecule has 28 heavy (non-hydrogen) atoms. The van der Waals surface area contributed by atoms with Gasteiger partial charge < -0.3 is 10.6 Å². The van der Waals surface area contributed by atoms with Crippen molar-refractivity contribution in [3.05, 3.63) is 29.8 Å². The van der Waals surface area contributed by atoms with Gasteiger partial charge in [-0.25, -0.2) is 0 Å². The third-order valence-corrected chi connectivity index (χ3v) is 7.23. The van der Waals surface area contributed by atoms with E-state index in [2.05, 4.69) is 17.6 Å². The molecule has 1 aromatic rings. The third-order valence-electron chi connectivity index (χ3n) is 6.15. The van der Waals surface area contributed by atoms with Gasteiger partial charge in [0.1, 0.15) is 0 Å². The van der Waals surface area contributed by atoms with Crippen LogP contribution in [0.5, 0.6) is 0 Å². The van der Waals surface area contributed by atoms with Crippen molar-refractivity contribution in [2.75, 3.05) is 12.3 Å². The van der Waals surface area contributed by atoms with Crippen molar-refractivity contribution >= 4 is 23.6 Å². The van der Waals surface area contributed by atoms with E-state index in [-0.39, 0.29) is 17.9 Å². The van der Waals surface area contributed by atoms with Crippen LogP contribution in [0.1, 0.15) is 75.1 Å². The van der Waals surface area contributed by atoms with Crippen LogP contribution in [-0.2, 0) is 4.79 Å². The summed E-state index contributed by atoms with van der Waals surface area (Å²) in [5.41, 5.74) is 0.686. The van der Waals surface area contributed by atoms with Gasteiger partial charge in [-0.15, -0.1) is 11.8 Å². The Balaban J connectivity index is 1.47. The summed E-state index contributed by atoms with van der Waals surface area (Å²) < 4.78 is 0. The van der Waals surface area contributed by atoms with E-state index in [0.29, 0.717) is 17.2 Å². The first-order chi connectivity index (χ1) is 13.6. The van der Waals surface area contributed by atoms with Crippen molar-refractivity contribution in [3.63, 3.8) is 0 Å². The quantitative estimate of drug-likeness (QED) is 0.645. The first-order valence-electron chi connectivity index (χ1n) is 10.9. The van der Waals surface area contributed by atoms with Crippen LogP contribution in [-0.4, -0.2) is 30.2 Å². The number of nitrogens with one attached hydrogen (secondary N) is 2. The molecule has 0 heterocycles. The Hall–Kier alpha value is -1.49. The molecule has 0 aliphatic heterocycles. The Morgan fingerprint density at radius 2 is 1.71 bits per heavy atom. The molecular formula is C23H34N2O2S. The summed E-state index contributed by atoms with van der Waals surface area (Å²) in [6.07, 6.45) is 10.9. The Morgan fingerprint density at radius 3 is 2.46 bits per heavy atom. The summed E-state index contributed by atoms with van der Waals surface area (Å²) in [5, 5.41) is 6.28. The van der Waals surface area contributed by atoms with E-state index in [4.69, 9.17) is 0 Å². The topological polar surface area (TPSA) is 58.2 Å². The molecule has 0 saturated heterocycles. The second kappa shape index (κ2) is 10.9. The summed E-state index contributed by atoms with van der Waals surface area (Å²) >= 11 is 1.46. The van der Waals surface area contributed by atoms with Crippen LogP contribution < -0.4 is 10.6 Å². The van der Waals surface area contributed by atoms with Gasteiger partial charge in [-0.1, -0.05) is 38.3 Å². The zero-order chi connectivity index (χ0) is 19.8. The third kappa shape index (κ3) is 6.54. The lowest BCUT2D eigenvalue weighted by atomic mass is 9.87. The van der Waals surface area contributed by atoms with Gasteiger partial charge in [-0.05, 0) is 62.5 Å². The minimum atomic E-state index is -0.00901. The molecule has 3 rings (SSSR count). The first-order valence-corrected chi connectivity index (χ1v) is 11.9. The van der Waals surface area contributed by atoms with Crippen LogP contribution in [0, 0.1) is 11.8 Å². The van der Waals surface area contributed by atoms with Gasteiger partial charge in [0, 0.05) is 17.5 Å². The molecule has 1 aromatic carbocycles. The second-order valence-corrected chi connectivity index (χ2v) is 9.54. The predicted molar refractivity (Wildman–Crippen MR) is 116 cm³/mol. The summed E-state index contributed by atoms with van der Waals surface area (Å²) in [5.74, 6) is 1.82. The van der Waals surface area contributed by atoms with Crippen molar-refractivity contribution in [1.29, 1.82) is 0 Å². The smallest absolute Gasteiger partial charge is 0.252 e. The van der Waals surface area contributed by atoms with Crippen LogP contribution in [0.4, 0.5) is 0 Å². The average Bonchev–Trinajstić information content (AvgIpc) is 2.73. The summed E-state index contributed by atoms with van der Waals surface area (Å²) in [6, 6.07) is 7.91. The zero-order valence-electron chi connectivity index (χ0n) is 17.0. The highest BCUT2D eigenvalue weighted by Crippen LogP contribution is 2.26. The summed E-state index contributed by atoms with van der Waals surface area (Å²) in [6.45, 7) is 3.07. The molecule has 2 aliphatic rings.